The maximum atomic E-state index is 13.4. The first-order chi connectivity index (χ1) is 15.3. The van der Waals surface area contributed by atoms with E-state index in [1.54, 1.807) is 0 Å². The van der Waals surface area contributed by atoms with Crippen molar-refractivity contribution in [2.45, 2.75) is 51.9 Å². The number of thiophene rings is 1. The van der Waals surface area contributed by atoms with E-state index in [4.69, 9.17) is 0 Å². The number of pyridine rings is 1. The summed E-state index contributed by atoms with van der Waals surface area (Å²) in [7, 11) is 0. The summed E-state index contributed by atoms with van der Waals surface area (Å²) < 4.78 is 1.38. The smallest absolute Gasteiger partial charge is 0.145 e. The Morgan fingerprint density at radius 3 is 2.78 bits per heavy atom. The number of fused-ring (bicyclic) bond motifs is 1. The largest absolute Gasteiger partial charge is 0.299 e. The summed E-state index contributed by atoms with van der Waals surface area (Å²) in [6.45, 7) is 2.85. The third-order valence-electron chi connectivity index (χ3n) is 6.94. The Hall–Kier alpha value is -2.30. The lowest BCUT2D eigenvalue weighted by atomic mass is 9.79. The predicted molar refractivity (Wildman–Crippen MR) is 136 cm³/mol. The zero-order valence-corrected chi connectivity index (χ0v) is 18.8. The molecule has 3 aromatic rings. The predicted octanol–water partition coefficient (Wildman–Crippen LogP) is 6.95. The van der Waals surface area contributed by atoms with Gasteiger partial charge in [-0.1, -0.05) is 57.0 Å². The van der Waals surface area contributed by atoms with Gasteiger partial charge >= 0.3 is 0 Å². The molecule has 1 aromatic carbocycles. The van der Waals surface area contributed by atoms with Crippen LogP contribution in [-0.4, -0.2) is 35.3 Å². The third-order valence-corrected chi connectivity index (χ3v) is 7.91. The Morgan fingerprint density at radius 1 is 1.09 bits per heavy atom. The fourth-order valence-corrected chi connectivity index (χ4v) is 6.17. The molecule has 3 heterocycles. The second-order valence-corrected chi connectivity index (χ2v) is 9.86. The van der Waals surface area contributed by atoms with Crippen LogP contribution >= 0.6 is 11.3 Å². The minimum Gasteiger partial charge on any atom is -0.299 e. The van der Waals surface area contributed by atoms with Gasteiger partial charge in [0.05, 0.1) is 11.6 Å². The van der Waals surface area contributed by atoms with E-state index in [1.165, 1.54) is 40.5 Å². The molecule has 2 aromatic heterocycles. The molecule has 0 saturated heterocycles. The molecule has 1 unspecified atom stereocenters. The number of ketones is 1. The van der Waals surface area contributed by atoms with Crippen LogP contribution in [0.2, 0.25) is 0 Å². The topological polar surface area (TPSA) is 33.2 Å². The Labute approximate surface area is 196 Å². The number of hydrogen-bond donors (Lipinski definition) is 0. The molecule has 5 rings (SSSR count). The molecule has 2 aliphatic rings. The highest BCUT2D eigenvalue weighted by atomic mass is 32.1. The van der Waals surface area contributed by atoms with E-state index in [-0.39, 0.29) is 19.3 Å². The van der Waals surface area contributed by atoms with Crippen molar-refractivity contribution in [1.82, 2.24) is 9.88 Å². The van der Waals surface area contributed by atoms with Gasteiger partial charge in [0.15, 0.2) is 0 Å². The molecule has 1 atom stereocenters. The van der Waals surface area contributed by atoms with Gasteiger partial charge in [-0.3, -0.25) is 14.7 Å². The van der Waals surface area contributed by atoms with Gasteiger partial charge in [-0.25, -0.2) is 0 Å². The van der Waals surface area contributed by atoms with Crippen molar-refractivity contribution in [3.8, 4) is 0 Å². The number of rotatable bonds is 7. The second-order valence-electron chi connectivity index (χ2n) is 8.94. The van der Waals surface area contributed by atoms with Crippen molar-refractivity contribution in [1.29, 1.82) is 0 Å². The molecule has 3 nitrogen and oxygen atoms in total. The molecule has 168 valence electrons. The van der Waals surface area contributed by atoms with Gasteiger partial charge < -0.3 is 0 Å². The molecule has 0 amide bonds. The lowest BCUT2D eigenvalue weighted by Crippen LogP contribution is -2.29. The molecule has 0 bridgehead atoms. The lowest BCUT2D eigenvalue weighted by Gasteiger charge is -2.26. The van der Waals surface area contributed by atoms with Crippen LogP contribution in [0.15, 0.2) is 60.1 Å². The maximum absolute atomic E-state index is 13.4. The molecule has 1 saturated carbocycles. The molecule has 0 radical (unpaired) electrons. The monoisotopic (exact) mass is 446 g/mol. The zero-order valence-electron chi connectivity index (χ0n) is 18.0. The van der Waals surface area contributed by atoms with Crippen LogP contribution < -0.4 is 0 Å². The van der Waals surface area contributed by atoms with Crippen LogP contribution in [0, 0.1) is 5.92 Å². The van der Waals surface area contributed by atoms with Crippen LogP contribution in [-0.2, 0) is 4.79 Å². The Kier molecular flexibility index (Phi) is 7.54. The van der Waals surface area contributed by atoms with Crippen molar-refractivity contribution in [3.05, 3.63) is 71.4 Å². The van der Waals surface area contributed by atoms with E-state index in [0.29, 0.717) is 5.78 Å². The highest BCUT2D eigenvalue weighted by Crippen LogP contribution is 2.34. The quantitative estimate of drug-likeness (QED) is 0.393. The number of aromatic nitrogens is 1. The Bertz CT molecular complexity index is 1070. The van der Waals surface area contributed by atoms with Gasteiger partial charge in [0.2, 0.25) is 0 Å². The highest BCUT2D eigenvalue weighted by molar-refractivity contribution is 7.17. The maximum Gasteiger partial charge on any atom is 0.145 e. The first-order valence-corrected chi connectivity index (χ1v) is 12.5. The minimum atomic E-state index is -0.0749. The second kappa shape index (κ2) is 10.5. The summed E-state index contributed by atoms with van der Waals surface area (Å²) in [5.41, 5.74) is 3.74. The summed E-state index contributed by atoms with van der Waals surface area (Å²) >= 11 is 1.82. The summed E-state index contributed by atoms with van der Waals surface area (Å²) in [5, 5.41) is 3.51. The van der Waals surface area contributed by atoms with E-state index in [1.807, 2.05) is 35.7 Å². The van der Waals surface area contributed by atoms with Crippen molar-refractivity contribution >= 4 is 32.8 Å². The minimum absolute atomic E-state index is 0. The number of hydrogen-bond acceptors (Lipinski definition) is 4. The molecular formula is C28H34N2OS. The van der Waals surface area contributed by atoms with Gasteiger partial charge in [-0.2, -0.15) is 0 Å². The lowest BCUT2D eigenvalue weighted by molar-refractivity contribution is -0.125. The normalized spacial score (nSPS) is 18.3. The first kappa shape index (κ1) is 22.9. The summed E-state index contributed by atoms with van der Waals surface area (Å²) in [6.07, 6.45) is 10.8. The number of carbonyl (C=O) groups excluding carboxylic acids is 1. The third kappa shape index (κ3) is 4.87. The van der Waals surface area contributed by atoms with Crippen LogP contribution in [0.5, 0.6) is 0 Å². The van der Waals surface area contributed by atoms with Crippen molar-refractivity contribution in [3.63, 3.8) is 0 Å². The van der Waals surface area contributed by atoms with Crippen LogP contribution in [0.25, 0.3) is 15.7 Å². The number of Topliss-reactive ketones (excluding diaryl/α,β-unsaturated/α-hetero) is 1. The van der Waals surface area contributed by atoms with Crippen LogP contribution in [0.3, 0.4) is 0 Å². The summed E-state index contributed by atoms with van der Waals surface area (Å²) in [4.78, 5) is 20.5. The Morgan fingerprint density at radius 2 is 1.97 bits per heavy atom. The van der Waals surface area contributed by atoms with Gasteiger partial charge in [-0.15, -0.1) is 11.3 Å². The molecule has 0 N–H and O–H groups in total. The average Bonchev–Trinajstić information content (AvgIpc) is 3.50. The summed E-state index contributed by atoms with van der Waals surface area (Å²) in [6, 6.07) is 14.8. The number of carbonyl (C=O) groups is 1. The summed E-state index contributed by atoms with van der Waals surface area (Å²) in [5.74, 6) is 0.577. The van der Waals surface area contributed by atoms with Gasteiger partial charge in [-0.05, 0) is 65.9 Å². The molecule has 1 aliphatic heterocycles. The number of nitrogens with zero attached hydrogens (tertiary/aromatic N) is 2. The fourth-order valence-electron chi connectivity index (χ4n) is 5.22. The molecule has 4 heteroatoms. The molecule has 1 fully saturated rings. The number of benzene rings is 1. The van der Waals surface area contributed by atoms with Crippen molar-refractivity contribution < 1.29 is 4.79 Å². The van der Waals surface area contributed by atoms with Crippen LogP contribution in [0.1, 0.15) is 63.1 Å². The average molecular weight is 447 g/mol. The first-order valence-electron chi connectivity index (χ1n) is 11.6. The van der Waals surface area contributed by atoms with Crippen molar-refractivity contribution in [2.24, 2.45) is 5.92 Å². The SMILES string of the molecule is C.O=C(C1CCCCC1)C(CCN1CC=C(c2cccc3ccsc23)C1)c1ccccn1. The van der Waals surface area contributed by atoms with E-state index in [9.17, 15) is 4.79 Å². The zero-order chi connectivity index (χ0) is 21.0. The molecule has 1 aliphatic carbocycles. The van der Waals surface area contributed by atoms with Crippen LogP contribution in [0.4, 0.5) is 0 Å². The van der Waals surface area contributed by atoms with E-state index in [0.717, 1.165) is 44.6 Å². The highest BCUT2D eigenvalue weighted by Gasteiger charge is 2.30. The van der Waals surface area contributed by atoms with E-state index >= 15 is 0 Å². The van der Waals surface area contributed by atoms with E-state index < -0.39 is 0 Å². The standard InChI is InChI=1S/C27H30N2OS.CH4/c30-26(20-7-2-1-3-8-20)24(25-11-4-5-15-28-25)13-17-29-16-12-22(19-29)23-10-6-9-21-14-18-31-27(21)23;/h4-6,9-12,14-15,18,20,24H,1-3,7-8,13,16-17,19H2;1H4. The van der Waals surface area contributed by atoms with Gasteiger partial charge in [0.25, 0.3) is 0 Å². The molecular weight excluding hydrogens is 412 g/mol. The van der Waals surface area contributed by atoms with Gasteiger partial charge in [0, 0.05) is 29.9 Å². The van der Waals surface area contributed by atoms with Gasteiger partial charge in [0.1, 0.15) is 5.78 Å². The van der Waals surface area contributed by atoms with E-state index in [2.05, 4.69) is 45.6 Å². The molecule has 0 spiro atoms. The molecule has 32 heavy (non-hydrogen) atoms. The van der Waals surface area contributed by atoms with Crippen molar-refractivity contribution in [2.75, 3.05) is 19.6 Å². The Balaban J connectivity index is 0.00000245. The fraction of sp³-hybridized carbons (Fsp3) is 0.429.